The van der Waals surface area contributed by atoms with Gasteiger partial charge in [-0.05, 0) is 11.8 Å². The molecule has 0 aromatic carbocycles. The number of hydrogen-bond donors (Lipinski definition) is 2. The second kappa shape index (κ2) is 3.07. The summed E-state index contributed by atoms with van der Waals surface area (Å²) in [5.41, 5.74) is 7.12. The van der Waals surface area contributed by atoms with E-state index in [1.54, 1.807) is 0 Å². The molecule has 0 spiro atoms. The van der Waals surface area contributed by atoms with E-state index in [0.29, 0.717) is 12.2 Å². The standard InChI is InChI=1S/C10H16N2O2/c1-10(2)3-7(13)9-6(5-11)12-14-8(9)4-10/h7,13H,3-5,11H2,1-2H3. The van der Waals surface area contributed by atoms with Crippen molar-refractivity contribution in [3.63, 3.8) is 0 Å². The monoisotopic (exact) mass is 196 g/mol. The Morgan fingerprint density at radius 3 is 3.00 bits per heavy atom. The zero-order valence-electron chi connectivity index (χ0n) is 8.58. The van der Waals surface area contributed by atoms with Crippen LogP contribution in [0.2, 0.25) is 0 Å². The lowest BCUT2D eigenvalue weighted by molar-refractivity contribution is 0.0917. The average molecular weight is 196 g/mol. The van der Waals surface area contributed by atoms with Crippen LogP contribution in [-0.4, -0.2) is 10.3 Å². The van der Waals surface area contributed by atoms with E-state index in [9.17, 15) is 5.11 Å². The summed E-state index contributed by atoms with van der Waals surface area (Å²) in [4.78, 5) is 0. The molecule has 1 aliphatic rings. The first-order valence-corrected chi connectivity index (χ1v) is 4.89. The van der Waals surface area contributed by atoms with E-state index in [1.807, 2.05) is 0 Å². The molecule has 0 saturated heterocycles. The lowest BCUT2D eigenvalue weighted by Gasteiger charge is -2.31. The number of nitrogens with two attached hydrogens (primary N) is 1. The largest absolute Gasteiger partial charge is 0.388 e. The molecule has 0 aliphatic heterocycles. The zero-order valence-corrected chi connectivity index (χ0v) is 8.58. The van der Waals surface area contributed by atoms with Gasteiger partial charge in [-0.1, -0.05) is 19.0 Å². The van der Waals surface area contributed by atoms with E-state index in [4.69, 9.17) is 10.3 Å². The Hall–Kier alpha value is -0.870. The summed E-state index contributed by atoms with van der Waals surface area (Å²) < 4.78 is 5.19. The van der Waals surface area contributed by atoms with Gasteiger partial charge in [0.05, 0.1) is 6.10 Å². The molecule has 0 amide bonds. The number of rotatable bonds is 1. The average Bonchev–Trinajstić information content (AvgIpc) is 2.44. The summed E-state index contributed by atoms with van der Waals surface area (Å²) in [5.74, 6) is 0.800. The summed E-state index contributed by atoms with van der Waals surface area (Å²) in [6.45, 7) is 4.56. The molecule has 1 aliphatic carbocycles. The third-order valence-electron chi connectivity index (χ3n) is 2.79. The third kappa shape index (κ3) is 1.44. The van der Waals surface area contributed by atoms with Crippen LogP contribution < -0.4 is 5.73 Å². The minimum Gasteiger partial charge on any atom is -0.388 e. The molecular formula is C10H16N2O2. The van der Waals surface area contributed by atoms with Crippen molar-refractivity contribution in [3.05, 3.63) is 17.0 Å². The number of aromatic nitrogens is 1. The molecule has 1 aromatic rings. The Morgan fingerprint density at radius 1 is 1.64 bits per heavy atom. The quantitative estimate of drug-likeness (QED) is 0.706. The molecule has 4 nitrogen and oxygen atoms in total. The summed E-state index contributed by atoms with van der Waals surface area (Å²) >= 11 is 0. The van der Waals surface area contributed by atoms with Gasteiger partial charge >= 0.3 is 0 Å². The molecule has 78 valence electrons. The Labute approximate surface area is 83.1 Å². The molecule has 1 unspecified atom stereocenters. The molecule has 0 bridgehead atoms. The molecule has 3 N–H and O–H groups in total. The van der Waals surface area contributed by atoms with E-state index in [0.717, 1.165) is 24.2 Å². The van der Waals surface area contributed by atoms with Gasteiger partial charge in [-0.25, -0.2) is 0 Å². The van der Waals surface area contributed by atoms with Crippen molar-refractivity contribution in [1.82, 2.24) is 5.16 Å². The van der Waals surface area contributed by atoms with Crippen LogP contribution in [0.4, 0.5) is 0 Å². The van der Waals surface area contributed by atoms with Gasteiger partial charge in [0.2, 0.25) is 0 Å². The predicted molar refractivity (Wildman–Crippen MR) is 51.5 cm³/mol. The molecule has 4 heteroatoms. The molecule has 14 heavy (non-hydrogen) atoms. The van der Waals surface area contributed by atoms with Crippen molar-refractivity contribution in [3.8, 4) is 0 Å². The molecule has 0 radical (unpaired) electrons. The highest BCUT2D eigenvalue weighted by molar-refractivity contribution is 5.29. The van der Waals surface area contributed by atoms with Crippen LogP contribution in [0.5, 0.6) is 0 Å². The second-order valence-corrected chi connectivity index (χ2v) is 4.73. The van der Waals surface area contributed by atoms with Crippen molar-refractivity contribution in [2.24, 2.45) is 11.1 Å². The highest BCUT2D eigenvalue weighted by Crippen LogP contribution is 2.41. The van der Waals surface area contributed by atoms with E-state index in [1.165, 1.54) is 0 Å². The number of fused-ring (bicyclic) bond motifs is 1. The number of aliphatic hydroxyl groups excluding tert-OH is 1. The Kier molecular flexibility index (Phi) is 2.12. The molecular weight excluding hydrogens is 180 g/mol. The summed E-state index contributed by atoms with van der Waals surface area (Å²) in [5, 5.41) is 13.8. The first kappa shape index (κ1) is 9.68. The number of hydrogen-bond acceptors (Lipinski definition) is 4. The normalized spacial score (nSPS) is 24.7. The van der Waals surface area contributed by atoms with Gasteiger partial charge in [0, 0.05) is 18.5 Å². The van der Waals surface area contributed by atoms with Crippen LogP contribution in [0, 0.1) is 5.41 Å². The van der Waals surface area contributed by atoms with Gasteiger partial charge in [0.1, 0.15) is 11.5 Å². The number of aliphatic hydroxyl groups is 1. The lowest BCUT2D eigenvalue weighted by Crippen LogP contribution is -2.25. The first-order chi connectivity index (χ1) is 6.53. The lowest BCUT2D eigenvalue weighted by atomic mass is 9.75. The van der Waals surface area contributed by atoms with Crippen molar-refractivity contribution in [2.45, 2.75) is 39.3 Å². The fraction of sp³-hybridized carbons (Fsp3) is 0.700. The van der Waals surface area contributed by atoms with Crippen LogP contribution in [0.3, 0.4) is 0 Å². The molecule has 1 heterocycles. The SMILES string of the molecule is CC1(C)Cc2onc(CN)c2C(O)C1. The van der Waals surface area contributed by atoms with Crippen LogP contribution in [0.15, 0.2) is 4.52 Å². The second-order valence-electron chi connectivity index (χ2n) is 4.73. The smallest absolute Gasteiger partial charge is 0.143 e. The maximum absolute atomic E-state index is 9.94. The van der Waals surface area contributed by atoms with Crippen LogP contribution in [0.25, 0.3) is 0 Å². The molecule has 2 rings (SSSR count). The summed E-state index contributed by atoms with van der Waals surface area (Å²) in [6.07, 6.45) is 1.10. The van der Waals surface area contributed by atoms with Gasteiger partial charge in [0.15, 0.2) is 0 Å². The van der Waals surface area contributed by atoms with Crippen molar-refractivity contribution < 1.29 is 9.63 Å². The van der Waals surface area contributed by atoms with Gasteiger partial charge in [0.25, 0.3) is 0 Å². The van der Waals surface area contributed by atoms with Gasteiger partial charge < -0.3 is 15.4 Å². The van der Waals surface area contributed by atoms with Gasteiger partial charge in [-0.2, -0.15) is 0 Å². The fourth-order valence-corrected chi connectivity index (χ4v) is 2.15. The third-order valence-corrected chi connectivity index (χ3v) is 2.79. The van der Waals surface area contributed by atoms with Crippen LogP contribution >= 0.6 is 0 Å². The molecule has 1 atom stereocenters. The highest BCUT2D eigenvalue weighted by Gasteiger charge is 2.35. The topological polar surface area (TPSA) is 72.3 Å². The first-order valence-electron chi connectivity index (χ1n) is 4.89. The molecule has 0 saturated carbocycles. The fourth-order valence-electron chi connectivity index (χ4n) is 2.15. The predicted octanol–water partition coefficient (Wildman–Crippen LogP) is 1.14. The Morgan fingerprint density at radius 2 is 2.36 bits per heavy atom. The number of nitrogens with zero attached hydrogens (tertiary/aromatic N) is 1. The van der Waals surface area contributed by atoms with Gasteiger partial charge in [-0.15, -0.1) is 0 Å². The Bertz CT molecular complexity index is 344. The molecule has 0 fully saturated rings. The summed E-state index contributed by atoms with van der Waals surface area (Å²) in [6, 6.07) is 0. The van der Waals surface area contributed by atoms with Crippen molar-refractivity contribution in [2.75, 3.05) is 0 Å². The van der Waals surface area contributed by atoms with E-state index in [2.05, 4.69) is 19.0 Å². The van der Waals surface area contributed by atoms with Crippen LogP contribution in [-0.2, 0) is 13.0 Å². The van der Waals surface area contributed by atoms with Gasteiger partial charge in [-0.3, -0.25) is 0 Å². The van der Waals surface area contributed by atoms with E-state index in [-0.39, 0.29) is 5.41 Å². The van der Waals surface area contributed by atoms with Crippen LogP contribution in [0.1, 0.15) is 43.4 Å². The highest BCUT2D eigenvalue weighted by atomic mass is 16.5. The maximum Gasteiger partial charge on any atom is 0.143 e. The minimum atomic E-state index is -0.474. The zero-order chi connectivity index (χ0) is 10.3. The Balaban J connectivity index is 2.42. The minimum absolute atomic E-state index is 0.0812. The molecule has 1 aromatic heterocycles. The van der Waals surface area contributed by atoms with Crippen molar-refractivity contribution >= 4 is 0 Å². The maximum atomic E-state index is 9.94. The van der Waals surface area contributed by atoms with E-state index < -0.39 is 6.10 Å². The van der Waals surface area contributed by atoms with Crippen molar-refractivity contribution in [1.29, 1.82) is 0 Å². The summed E-state index contributed by atoms with van der Waals surface area (Å²) in [7, 11) is 0. The van der Waals surface area contributed by atoms with E-state index >= 15 is 0 Å².